The summed E-state index contributed by atoms with van der Waals surface area (Å²) < 4.78 is 6.01. The first-order valence-electron chi connectivity index (χ1n) is 7.08. The van der Waals surface area contributed by atoms with E-state index in [-0.39, 0.29) is 0 Å². The quantitative estimate of drug-likeness (QED) is 0.879. The lowest BCUT2D eigenvalue weighted by molar-refractivity contribution is 0.317. The monoisotopic (exact) mass is 243 g/mol. The maximum Gasteiger partial charge on any atom is 0.134 e. The van der Waals surface area contributed by atoms with E-state index >= 15 is 0 Å². The third kappa shape index (κ3) is 2.30. The molecule has 1 saturated carbocycles. The minimum atomic E-state index is 0.593. The lowest BCUT2D eigenvalue weighted by Crippen LogP contribution is -2.33. The molecule has 2 nitrogen and oxygen atoms in total. The van der Waals surface area contributed by atoms with Crippen molar-refractivity contribution in [2.24, 2.45) is 0 Å². The van der Waals surface area contributed by atoms with Crippen molar-refractivity contribution < 1.29 is 4.42 Å². The summed E-state index contributed by atoms with van der Waals surface area (Å²) in [5.41, 5.74) is 1.03. The van der Waals surface area contributed by atoms with E-state index in [9.17, 15) is 0 Å². The Hall–Kier alpha value is -1.28. The Morgan fingerprint density at radius 1 is 1.28 bits per heavy atom. The molecule has 1 aliphatic rings. The van der Waals surface area contributed by atoms with Gasteiger partial charge >= 0.3 is 0 Å². The van der Waals surface area contributed by atoms with Gasteiger partial charge in [0.05, 0.1) is 0 Å². The molecule has 0 bridgehead atoms. The SMILES string of the molecule is CCNC1CCCC(c2cc3ccccc3o2)C1. The highest BCUT2D eigenvalue weighted by Gasteiger charge is 2.25. The highest BCUT2D eigenvalue weighted by Crippen LogP contribution is 2.35. The summed E-state index contributed by atoms with van der Waals surface area (Å²) in [6, 6.07) is 11.2. The molecule has 1 aromatic carbocycles. The summed E-state index contributed by atoms with van der Waals surface area (Å²) in [7, 11) is 0. The molecule has 1 aromatic heterocycles. The van der Waals surface area contributed by atoms with Crippen LogP contribution in [0.4, 0.5) is 0 Å². The summed E-state index contributed by atoms with van der Waals surface area (Å²) >= 11 is 0. The minimum Gasteiger partial charge on any atom is -0.461 e. The summed E-state index contributed by atoms with van der Waals surface area (Å²) in [4.78, 5) is 0. The van der Waals surface area contributed by atoms with Gasteiger partial charge in [0.2, 0.25) is 0 Å². The fraction of sp³-hybridized carbons (Fsp3) is 0.500. The van der Waals surface area contributed by atoms with Crippen molar-refractivity contribution in [1.29, 1.82) is 0 Å². The summed E-state index contributed by atoms with van der Waals surface area (Å²) in [5, 5.41) is 4.81. The van der Waals surface area contributed by atoms with Crippen molar-refractivity contribution in [2.75, 3.05) is 6.54 Å². The van der Waals surface area contributed by atoms with Gasteiger partial charge in [0.1, 0.15) is 11.3 Å². The Kier molecular flexibility index (Phi) is 3.37. The van der Waals surface area contributed by atoms with Gasteiger partial charge < -0.3 is 9.73 Å². The van der Waals surface area contributed by atoms with Crippen LogP contribution in [-0.2, 0) is 0 Å². The maximum atomic E-state index is 6.01. The van der Waals surface area contributed by atoms with Crippen molar-refractivity contribution in [2.45, 2.75) is 44.6 Å². The predicted octanol–water partition coefficient (Wildman–Crippen LogP) is 4.07. The number of para-hydroxylation sites is 1. The van der Waals surface area contributed by atoms with Gasteiger partial charge in [0, 0.05) is 17.3 Å². The molecule has 96 valence electrons. The zero-order chi connectivity index (χ0) is 12.4. The molecule has 2 unspecified atom stereocenters. The molecule has 0 spiro atoms. The lowest BCUT2D eigenvalue weighted by Gasteiger charge is -2.28. The molecular formula is C16H21NO. The molecule has 18 heavy (non-hydrogen) atoms. The zero-order valence-corrected chi connectivity index (χ0v) is 11.0. The Bertz CT molecular complexity index is 482. The van der Waals surface area contributed by atoms with Gasteiger partial charge in [0.25, 0.3) is 0 Å². The highest BCUT2D eigenvalue weighted by atomic mass is 16.3. The van der Waals surface area contributed by atoms with Crippen LogP contribution in [0.15, 0.2) is 34.7 Å². The van der Waals surface area contributed by atoms with Crippen LogP contribution in [0.5, 0.6) is 0 Å². The number of benzene rings is 1. The van der Waals surface area contributed by atoms with Crippen molar-refractivity contribution in [1.82, 2.24) is 5.32 Å². The lowest BCUT2D eigenvalue weighted by atomic mass is 9.84. The average Bonchev–Trinajstić information content (AvgIpc) is 2.83. The van der Waals surface area contributed by atoms with Crippen LogP contribution in [0, 0.1) is 0 Å². The third-order valence-corrected chi connectivity index (χ3v) is 4.01. The molecule has 1 fully saturated rings. The molecule has 2 atom stereocenters. The normalized spacial score (nSPS) is 24.5. The fourth-order valence-electron chi connectivity index (χ4n) is 3.13. The van der Waals surface area contributed by atoms with Crippen molar-refractivity contribution in [3.8, 4) is 0 Å². The van der Waals surface area contributed by atoms with Crippen molar-refractivity contribution in [3.05, 3.63) is 36.1 Å². The molecule has 2 heteroatoms. The Balaban J connectivity index is 1.80. The van der Waals surface area contributed by atoms with Gasteiger partial charge in [-0.3, -0.25) is 0 Å². The van der Waals surface area contributed by atoms with Crippen LogP contribution in [-0.4, -0.2) is 12.6 Å². The highest BCUT2D eigenvalue weighted by molar-refractivity contribution is 5.77. The minimum absolute atomic E-state index is 0.593. The van der Waals surface area contributed by atoms with Crippen LogP contribution in [0.3, 0.4) is 0 Å². The smallest absolute Gasteiger partial charge is 0.134 e. The van der Waals surface area contributed by atoms with Crippen LogP contribution in [0.25, 0.3) is 11.0 Å². The first kappa shape index (κ1) is 11.8. The summed E-state index contributed by atoms with van der Waals surface area (Å²) in [6.45, 7) is 3.25. The second-order valence-electron chi connectivity index (χ2n) is 5.30. The molecule has 1 N–H and O–H groups in total. The zero-order valence-electron chi connectivity index (χ0n) is 11.0. The molecular weight excluding hydrogens is 222 g/mol. The van der Waals surface area contributed by atoms with Gasteiger partial charge in [-0.1, -0.05) is 31.5 Å². The molecule has 0 radical (unpaired) electrons. The van der Waals surface area contributed by atoms with E-state index in [1.54, 1.807) is 0 Å². The number of furan rings is 1. The second-order valence-corrected chi connectivity index (χ2v) is 5.30. The standard InChI is InChI=1S/C16H21NO/c1-2-17-14-8-5-7-12(10-14)16-11-13-6-3-4-9-15(13)18-16/h3-4,6,9,11-12,14,17H,2,5,7-8,10H2,1H3. The molecule has 1 heterocycles. The summed E-state index contributed by atoms with van der Waals surface area (Å²) in [5.74, 6) is 1.77. The first-order chi connectivity index (χ1) is 8.86. The van der Waals surface area contributed by atoms with E-state index in [0.717, 1.165) is 12.1 Å². The van der Waals surface area contributed by atoms with E-state index < -0.39 is 0 Å². The predicted molar refractivity (Wildman–Crippen MR) is 74.9 cm³/mol. The van der Waals surface area contributed by atoms with Crippen LogP contribution in [0.2, 0.25) is 0 Å². The van der Waals surface area contributed by atoms with E-state index in [1.165, 1.54) is 36.8 Å². The van der Waals surface area contributed by atoms with Gasteiger partial charge in [-0.05, 0) is 37.9 Å². The van der Waals surface area contributed by atoms with Crippen molar-refractivity contribution in [3.63, 3.8) is 0 Å². The molecule has 1 aliphatic carbocycles. The van der Waals surface area contributed by atoms with Gasteiger partial charge in [0.15, 0.2) is 0 Å². The largest absolute Gasteiger partial charge is 0.461 e. The van der Waals surface area contributed by atoms with Crippen LogP contribution < -0.4 is 5.32 Å². The molecule has 0 amide bonds. The number of fused-ring (bicyclic) bond motifs is 1. The number of hydrogen-bond acceptors (Lipinski definition) is 2. The molecule has 3 rings (SSSR count). The Morgan fingerprint density at radius 3 is 3.00 bits per heavy atom. The third-order valence-electron chi connectivity index (χ3n) is 4.01. The molecule has 2 aromatic rings. The first-order valence-corrected chi connectivity index (χ1v) is 7.08. The van der Waals surface area contributed by atoms with E-state index in [2.05, 4.69) is 36.5 Å². The van der Waals surface area contributed by atoms with Crippen LogP contribution in [0.1, 0.15) is 44.3 Å². The Morgan fingerprint density at radius 2 is 2.17 bits per heavy atom. The molecule has 0 saturated heterocycles. The molecule has 0 aliphatic heterocycles. The topological polar surface area (TPSA) is 25.2 Å². The second kappa shape index (κ2) is 5.15. The maximum absolute atomic E-state index is 6.01. The van der Waals surface area contributed by atoms with Gasteiger partial charge in [-0.2, -0.15) is 0 Å². The number of hydrogen-bond donors (Lipinski definition) is 1. The van der Waals surface area contributed by atoms with Gasteiger partial charge in [-0.15, -0.1) is 0 Å². The van der Waals surface area contributed by atoms with E-state index in [0.29, 0.717) is 12.0 Å². The summed E-state index contributed by atoms with van der Waals surface area (Å²) in [6.07, 6.45) is 5.10. The average molecular weight is 243 g/mol. The van der Waals surface area contributed by atoms with E-state index in [1.807, 2.05) is 6.07 Å². The Labute approximate surface area is 108 Å². The number of nitrogens with one attached hydrogen (secondary N) is 1. The fourth-order valence-corrected chi connectivity index (χ4v) is 3.13. The van der Waals surface area contributed by atoms with E-state index in [4.69, 9.17) is 4.42 Å². The van der Waals surface area contributed by atoms with Gasteiger partial charge in [-0.25, -0.2) is 0 Å². The van der Waals surface area contributed by atoms with Crippen LogP contribution >= 0.6 is 0 Å². The number of rotatable bonds is 3. The van der Waals surface area contributed by atoms with Crippen molar-refractivity contribution >= 4 is 11.0 Å².